The second-order valence-electron chi connectivity index (χ2n) is 22.9. The second-order valence-corrected chi connectivity index (χ2v) is 22.9. The Morgan fingerprint density at radius 3 is 0.683 bits per heavy atom. The number of ether oxygens (including phenoxy) is 4. The van der Waals surface area contributed by atoms with Crippen LogP contribution in [0.5, 0.6) is 0 Å². The van der Waals surface area contributed by atoms with Gasteiger partial charge in [-0.2, -0.15) is 0 Å². The molecule has 8 nitrogen and oxygen atoms in total. The molecule has 3 aromatic rings. The quantitative estimate of drug-likeness (QED) is 0.139. The Kier molecular flexibility index (Phi) is 14.9. The Labute approximate surface area is 361 Å². The van der Waals surface area contributed by atoms with Crippen molar-refractivity contribution in [1.29, 1.82) is 0 Å². The molecule has 0 bridgehead atoms. The van der Waals surface area contributed by atoms with Crippen molar-refractivity contribution in [1.82, 2.24) is 0 Å². The molecule has 8 heteroatoms. The summed E-state index contributed by atoms with van der Waals surface area (Å²) in [5.41, 5.74) is 3.83. The summed E-state index contributed by atoms with van der Waals surface area (Å²) in [6, 6.07) is 17.3. The van der Waals surface area contributed by atoms with Gasteiger partial charge in [-0.05, 0) is 102 Å². The monoisotopic (exact) mass is 827 g/mol. The molecule has 0 aliphatic heterocycles. The summed E-state index contributed by atoms with van der Waals surface area (Å²) >= 11 is 0. The van der Waals surface area contributed by atoms with E-state index in [0.717, 1.165) is 33.4 Å². The predicted octanol–water partition coefficient (Wildman–Crippen LogP) is 11.9. The van der Waals surface area contributed by atoms with Crippen LogP contribution >= 0.6 is 0 Å². The highest BCUT2D eigenvalue weighted by Crippen LogP contribution is 2.34. The Balaban J connectivity index is 2.15. The first-order valence-electron chi connectivity index (χ1n) is 21.1. The van der Waals surface area contributed by atoms with Gasteiger partial charge in [-0.15, -0.1) is 0 Å². The molecular formula is C52H74O8. The molecule has 0 saturated carbocycles. The molecule has 0 heterocycles. The van der Waals surface area contributed by atoms with Crippen LogP contribution in [-0.2, 0) is 56.2 Å². The van der Waals surface area contributed by atoms with Gasteiger partial charge >= 0.3 is 23.9 Å². The first kappa shape index (κ1) is 49.9. The highest BCUT2D eigenvalue weighted by atomic mass is 16.6. The van der Waals surface area contributed by atoms with Gasteiger partial charge in [0.25, 0.3) is 0 Å². The molecule has 0 fully saturated rings. The zero-order valence-corrected chi connectivity index (χ0v) is 40.3. The summed E-state index contributed by atoms with van der Waals surface area (Å²) in [4.78, 5) is 54.7. The molecule has 330 valence electrons. The fourth-order valence-electron chi connectivity index (χ4n) is 6.25. The van der Waals surface area contributed by atoms with Gasteiger partial charge in [0.05, 0.1) is 16.7 Å². The van der Waals surface area contributed by atoms with Gasteiger partial charge in [-0.1, -0.05) is 143 Å². The maximum Gasteiger partial charge on any atom is 0.338 e. The van der Waals surface area contributed by atoms with Crippen molar-refractivity contribution in [3.63, 3.8) is 0 Å². The van der Waals surface area contributed by atoms with Crippen molar-refractivity contribution >= 4 is 23.9 Å². The molecule has 3 rings (SSSR count). The van der Waals surface area contributed by atoms with E-state index in [1.54, 1.807) is 0 Å². The fourth-order valence-corrected chi connectivity index (χ4v) is 6.25. The van der Waals surface area contributed by atoms with Crippen molar-refractivity contribution in [2.45, 2.75) is 164 Å². The Morgan fingerprint density at radius 1 is 0.333 bits per heavy atom. The van der Waals surface area contributed by atoms with E-state index in [1.165, 1.54) is 6.92 Å². The molecule has 0 aromatic heterocycles. The number of carbonyl (C=O) groups is 4. The van der Waals surface area contributed by atoms with Crippen LogP contribution in [0.2, 0.25) is 0 Å². The van der Waals surface area contributed by atoms with Crippen molar-refractivity contribution in [3.8, 4) is 0 Å². The summed E-state index contributed by atoms with van der Waals surface area (Å²) in [5.74, 6) is -2.44. The van der Waals surface area contributed by atoms with Gasteiger partial charge in [0.2, 0.25) is 0 Å². The van der Waals surface area contributed by atoms with Crippen LogP contribution in [0.3, 0.4) is 0 Å². The average Bonchev–Trinajstić information content (AvgIpc) is 3.11. The van der Waals surface area contributed by atoms with Crippen molar-refractivity contribution in [2.75, 3.05) is 26.4 Å². The third kappa shape index (κ3) is 13.8. The molecule has 0 N–H and O–H groups in total. The van der Waals surface area contributed by atoms with Crippen molar-refractivity contribution in [2.24, 2.45) is 5.41 Å². The maximum atomic E-state index is 14.1. The normalized spacial score (nSPS) is 13.1. The molecule has 3 aromatic carbocycles. The molecule has 0 aliphatic carbocycles. The van der Waals surface area contributed by atoms with Crippen LogP contribution in [0.4, 0.5) is 0 Å². The summed E-state index contributed by atoms with van der Waals surface area (Å²) < 4.78 is 23.8. The summed E-state index contributed by atoms with van der Waals surface area (Å²) in [6.07, 6.45) is 0. The molecule has 0 amide bonds. The average molecular weight is 827 g/mol. The smallest absolute Gasteiger partial charge is 0.338 e. The highest BCUT2D eigenvalue weighted by Gasteiger charge is 2.39. The topological polar surface area (TPSA) is 105 Å². The Hall–Kier alpha value is -4.46. The SMILES string of the molecule is CC(=O)OCC(COC(=O)c1cc(C(C)(C)C)cc(C(C)(C)C)c1)(COC(=O)c1cc(C(C)(C)C)cc(C(C)(C)C)c1)COC(=O)c1cc(C(C)(C)C)cc(C(C)(C)C)c1. The predicted molar refractivity (Wildman–Crippen MR) is 241 cm³/mol. The van der Waals surface area contributed by atoms with E-state index in [2.05, 4.69) is 143 Å². The van der Waals surface area contributed by atoms with Crippen LogP contribution in [0, 0.1) is 5.41 Å². The number of rotatable bonds is 11. The largest absolute Gasteiger partial charge is 0.465 e. The van der Waals surface area contributed by atoms with E-state index in [1.807, 2.05) is 36.4 Å². The summed E-state index contributed by atoms with van der Waals surface area (Å²) in [7, 11) is 0. The van der Waals surface area contributed by atoms with Gasteiger partial charge in [0, 0.05) is 6.92 Å². The van der Waals surface area contributed by atoms with Crippen LogP contribution in [0.15, 0.2) is 54.6 Å². The van der Waals surface area contributed by atoms with E-state index < -0.39 is 49.1 Å². The van der Waals surface area contributed by atoms with Crippen LogP contribution in [0.25, 0.3) is 0 Å². The molecule has 0 saturated heterocycles. The number of esters is 4. The molecule has 0 aliphatic rings. The minimum atomic E-state index is -1.48. The van der Waals surface area contributed by atoms with Crippen LogP contribution in [0.1, 0.15) is 196 Å². The Bertz CT molecular complexity index is 1730. The minimum absolute atomic E-state index is 0.258. The van der Waals surface area contributed by atoms with Gasteiger partial charge in [0.1, 0.15) is 31.8 Å². The second kappa shape index (κ2) is 17.9. The van der Waals surface area contributed by atoms with Crippen molar-refractivity contribution < 1.29 is 38.1 Å². The minimum Gasteiger partial charge on any atom is -0.465 e. The zero-order chi connectivity index (χ0) is 46.0. The lowest BCUT2D eigenvalue weighted by Gasteiger charge is -2.32. The van der Waals surface area contributed by atoms with Gasteiger partial charge < -0.3 is 18.9 Å². The van der Waals surface area contributed by atoms with E-state index in [0.29, 0.717) is 16.7 Å². The molecule has 60 heavy (non-hydrogen) atoms. The number of benzene rings is 3. The highest BCUT2D eigenvalue weighted by molar-refractivity contribution is 5.91. The van der Waals surface area contributed by atoms with E-state index >= 15 is 0 Å². The maximum absolute atomic E-state index is 14.1. The molecule has 0 radical (unpaired) electrons. The molecule has 0 spiro atoms. The zero-order valence-electron chi connectivity index (χ0n) is 40.3. The lowest BCUT2D eigenvalue weighted by Crippen LogP contribution is -2.44. The molecule has 0 atom stereocenters. The lowest BCUT2D eigenvalue weighted by molar-refractivity contribution is -0.149. The summed E-state index contributed by atoms with van der Waals surface area (Å²) in [5, 5.41) is 0. The third-order valence-corrected chi connectivity index (χ3v) is 10.8. The number of hydrogen-bond donors (Lipinski definition) is 0. The van der Waals surface area contributed by atoms with E-state index in [4.69, 9.17) is 18.9 Å². The standard InChI is InChI=1S/C52H74O8/c1-33(53)57-29-52(30-58-43(54)34-20-37(46(2,3)4)26-38(21-34)47(5,6)7,31-59-44(55)35-22-39(48(8,9)10)27-40(23-35)49(11,12)13)32-60-45(56)36-24-41(50(14,15)16)28-42(25-36)51(17,18)19/h20-28H,29-32H2,1-19H3. The van der Waals surface area contributed by atoms with Crippen molar-refractivity contribution in [3.05, 3.63) is 105 Å². The van der Waals surface area contributed by atoms with E-state index in [9.17, 15) is 19.2 Å². The van der Waals surface area contributed by atoms with E-state index in [-0.39, 0.29) is 39.1 Å². The summed E-state index contributed by atoms with van der Waals surface area (Å²) in [6.45, 7) is 37.2. The fraction of sp³-hybridized carbons (Fsp3) is 0.577. The lowest BCUT2D eigenvalue weighted by atomic mass is 9.79. The van der Waals surface area contributed by atoms with Crippen LogP contribution < -0.4 is 0 Å². The number of carbonyl (C=O) groups excluding carboxylic acids is 4. The molecular weight excluding hydrogens is 753 g/mol. The van der Waals surface area contributed by atoms with Gasteiger partial charge in [-0.25, -0.2) is 14.4 Å². The number of hydrogen-bond acceptors (Lipinski definition) is 8. The van der Waals surface area contributed by atoms with Crippen LogP contribution in [-0.4, -0.2) is 50.3 Å². The van der Waals surface area contributed by atoms with Gasteiger partial charge in [0.15, 0.2) is 0 Å². The first-order valence-corrected chi connectivity index (χ1v) is 21.1. The third-order valence-electron chi connectivity index (χ3n) is 10.8. The van der Waals surface area contributed by atoms with Gasteiger partial charge in [-0.3, -0.25) is 4.79 Å². The first-order chi connectivity index (χ1) is 27.0. The Morgan fingerprint density at radius 2 is 0.517 bits per heavy atom. The molecule has 0 unspecified atom stereocenters.